The molecule has 1 atom stereocenters. The highest BCUT2D eigenvalue weighted by Gasteiger charge is 2.20. The minimum atomic E-state index is -0.779. The summed E-state index contributed by atoms with van der Waals surface area (Å²) in [6.45, 7) is 3.90. The van der Waals surface area contributed by atoms with Gasteiger partial charge in [0.05, 0.1) is 6.42 Å². The van der Waals surface area contributed by atoms with Gasteiger partial charge in [0.15, 0.2) is 0 Å². The van der Waals surface area contributed by atoms with E-state index in [1.54, 1.807) is 6.07 Å². The molecule has 0 amide bonds. The van der Waals surface area contributed by atoms with Gasteiger partial charge >= 0.3 is 5.97 Å². The molecule has 0 fully saturated rings. The third kappa shape index (κ3) is 3.37. The molecule has 0 saturated heterocycles. The lowest BCUT2D eigenvalue weighted by atomic mass is 10.2. The Kier molecular flexibility index (Phi) is 4.09. The molecule has 1 N–H and O–H groups in total. The number of hydrogen-bond donors (Lipinski definition) is 1. The molecule has 0 unspecified atom stereocenters. The Morgan fingerprint density at radius 1 is 1.61 bits per heavy atom. The largest absolute Gasteiger partial charge is 0.489 e. The summed E-state index contributed by atoms with van der Waals surface area (Å²) < 4.78 is 5.80. The monoisotopic (exact) mass is 269 g/mol. The Morgan fingerprint density at radius 2 is 2.39 bits per heavy atom. The van der Waals surface area contributed by atoms with Gasteiger partial charge in [-0.2, -0.15) is 0 Å². The predicted octanol–water partition coefficient (Wildman–Crippen LogP) is 2.40. The first-order valence-electron chi connectivity index (χ1n) is 5.94. The predicted molar refractivity (Wildman–Crippen MR) is 69.1 cm³/mol. The number of carboxylic acid groups (broad SMARTS) is 1. The van der Waals surface area contributed by atoms with Crippen LogP contribution in [-0.4, -0.2) is 35.2 Å². The Hall–Kier alpha value is -1.26. The highest BCUT2D eigenvalue weighted by Crippen LogP contribution is 2.27. The van der Waals surface area contributed by atoms with Gasteiger partial charge in [0.25, 0.3) is 0 Å². The molecular formula is C13H16ClNO3. The van der Waals surface area contributed by atoms with E-state index in [0.717, 1.165) is 17.9 Å². The van der Waals surface area contributed by atoms with Crippen LogP contribution in [0.1, 0.15) is 18.9 Å². The Morgan fingerprint density at radius 3 is 3.11 bits per heavy atom. The molecule has 1 heterocycles. The number of nitrogens with zero attached hydrogens (tertiary/aromatic N) is 1. The minimum absolute atomic E-state index is 0.0428. The molecule has 0 saturated carbocycles. The fourth-order valence-corrected chi connectivity index (χ4v) is 2.33. The van der Waals surface area contributed by atoms with Gasteiger partial charge < -0.3 is 9.84 Å². The summed E-state index contributed by atoms with van der Waals surface area (Å²) in [7, 11) is 0. The number of fused-ring (bicyclic) bond motifs is 1. The summed E-state index contributed by atoms with van der Waals surface area (Å²) >= 11 is 5.97. The normalized spacial score (nSPS) is 19.8. The first kappa shape index (κ1) is 13.2. The Balaban J connectivity index is 2.14. The van der Waals surface area contributed by atoms with Gasteiger partial charge in [0.1, 0.15) is 11.9 Å². The van der Waals surface area contributed by atoms with E-state index in [4.69, 9.17) is 21.4 Å². The molecule has 18 heavy (non-hydrogen) atoms. The zero-order valence-corrected chi connectivity index (χ0v) is 11.0. The van der Waals surface area contributed by atoms with Gasteiger partial charge in [-0.15, -0.1) is 0 Å². The summed E-state index contributed by atoms with van der Waals surface area (Å²) in [5.74, 6) is 0.0591. The van der Waals surface area contributed by atoms with E-state index in [2.05, 4.69) is 4.90 Å². The average molecular weight is 270 g/mol. The van der Waals surface area contributed by atoms with Crippen LogP contribution in [0.25, 0.3) is 0 Å². The van der Waals surface area contributed by atoms with Gasteiger partial charge in [-0.3, -0.25) is 9.69 Å². The van der Waals surface area contributed by atoms with Gasteiger partial charge in [-0.05, 0) is 25.1 Å². The molecule has 0 bridgehead atoms. The summed E-state index contributed by atoms with van der Waals surface area (Å²) in [5, 5.41) is 9.41. The van der Waals surface area contributed by atoms with Crippen LogP contribution >= 0.6 is 11.6 Å². The molecule has 1 aliphatic rings. The van der Waals surface area contributed by atoms with Crippen LogP contribution < -0.4 is 4.74 Å². The maximum absolute atomic E-state index is 10.6. The first-order valence-corrected chi connectivity index (χ1v) is 6.31. The summed E-state index contributed by atoms with van der Waals surface area (Å²) in [6, 6.07) is 5.55. The van der Waals surface area contributed by atoms with Crippen molar-refractivity contribution in [2.45, 2.75) is 26.0 Å². The molecule has 0 radical (unpaired) electrons. The van der Waals surface area contributed by atoms with Crippen molar-refractivity contribution in [3.05, 3.63) is 28.8 Å². The zero-order valence-electron chi connectivity index (χ0n) is 10.2. The lowest BCUT2D eigenvalue weighted by Gasteiger charge is -2.20. The van der Waals surface area contributed by atoms with Crippen molar-refractivity contribution in [2.75, 3.05) is 13.1 Å². The summed E-state index contributed by atoms with van der Waals surface area (Å²) in [6.07, 6.45) is 0.184. The lowest BCUT2D eigenvalue weighted by Crippen LogP contribution is -2.32. The Bertz CT molecular complexity index is 450. The topological polar surface area (TPSA) is 49.8 Å². The summed E-state index contributed by atoms with van der Waals surface area (Å²) in [5.41, 5.74) is 1.01. The SMILES string of the molecule is C[C@@H]1CN(CCC(=O)O)Cc2cc(Cl)ccc2O1. The van der Waals surface area contributed by atoms with E-state index in [9.17, 15) is 4.79 Å². The van der Waals surface area contributed by atoms with Crippen LogP contribution in [0.5, 0.6) is 5.75 Å². The number of aliphatic carboxylic acids is 1. The lowest BCUT2D eigenvalue weighted by molar-refractivity contribution is -0.137. The van der Waals surface area contributed by atoms with Crippen molar-refractivity contribution in [3.8, 4) is 5.75 Å². The highest BCUT2D eigenvalue weighted by molar-refractivity contribution is 6.30. The quantitative estimate of drug-likeness (QED) is 0.915. The number of hydrogen-bond acceptors (Lipinski definition) is 3. The third-order valence-electron chi connectivity index (χ3n) is 2.90. The fourth-order valence-electron chi connectivity index (χ4n) is 2.13. The van der Waals surface area contributed by atoms with Crippen molar-refractivity contribution in [1.29, 1.82) is 0 Å². The molecule has 0 aromatic heterocycles. The maximum atomic E-state index is 10.6. The third-order valence-corrected chi connectivity index (χ3v) is 3.14. The number of ether oxygens (including phenoxy) is 1. The standard InChI is InChI=1S/C13H16ClNO3/c1-9-7-15(5-4-13(16)17)8-10-6-11(14)2-3-12(10)18-9/h2-3,6,9H,4-5,7-8H2,1H3,(H,16,17)/t9-/m1/s1. The number of carboxylic acids is 1. The maximum Gasteiger partial charge on any atom is 0.304 e. The van der Waals surface area contributed by atoms with Crippen LogP contribution in [-0.2, 0) is 11.3 Å². The molecule has 0 spiro atoms. The smallest absolute Gasteiger partial charge is 0.304 e. The second kappa shape index (κ2) is 5.59. The zero-order chi connectivity index (χ0) is 13.1. The van der Waals surface area contributed by atoms with Crippen molar-refractivity contribution < 1.29 is 14.6 Å². The number of rotatable bonds is 3. The van der Waals surface area contributed by atoms with Crippen LogP contribution in [0.3, 0.4) is 0 Å². The van der Waals surface area contributed by atoms with Gasteiger partial charge in [0.2, 0.25) is 0 Å². The van der Waals surface area contributed by atoms with Crippen molar-refractivity contribution >= 4 is 17.6 Å². The van der Waals surface area contributed by atoms with Crippen LogP contribution in [0, 0.1) is 0 Å². The molecule has 2 rings (SSSR count). The number of benzene rings is 1. The molecule has 5 heteroatoms. The molecular weight excluding hydrogens is 254 g/mol. The van der Waals surface area contributed by atoms with Gasteiger partial charge in [0, 0.05) is 30.2 Å². The average Bonchev–Trinajstić information content (AvgIpc) is 2.44. The first-order chi connectivity index (χ1) is 8.54. The van der Waals surface area contributed by atoms with E-state index < -0.39 is 5.97 Å². The van der Waals surface area contributed by atoms with Crippen LogP contribution in [0.2, 0.25) is 5.02 Å². The van der Waals surface area contributed by atoms with Crippen molar-refractivity contribution in [1.82, 2.24) is 4.90 Å². The van der Waals surface area contributed by atoms with Crippen molar-refractivity contribution in [3.63, 3.8) is 0 Å². The summed E-state index contributed by atoms with van der Waals surface area (Å²) in [4.78, 5) is 12.7. The van der Waals surface area contributed by atoms with Gasteiger partial charge in [-0.25, -0.2) is 0 Å². The molecule has 1 aromatic rings. The van der Waals surface area contributed by atoms with E-state index in [1.807, 2.05) is 19.1 Å². The van der Waals surface area contributed by atoms with E-state index in [-0.39, 0.29) is 12.5 Å². The molecule has 1 aliphatic heterocycles. The van der Waals surface area contributed by atoms with E-state index >= 15 is 0 Å². The number of halogens is 1. The molecule has 98 valence electrons. The Labute approximate surface area is 111 Å². The van der Waals surface area contributed by atoms with E-state index in [0.29, 0.717) is 18.1 Å². The minimum Gasteiger partial charge on any atom is -0.489 e. The second-order valence-corrected chi connectivity index (χ2v) is 5.00. The highest BCUT2D eigenvalue weighted by atomic mass is 35.5. The molecule has 1 aromatic carbocycles. The van der Waals surface area contributed by atoms with Crippen molar-refractivity contribution in [2.24, 2.45) is 0 Å². The van der Waals surface area contributed by atoms with Crippen LogP contribution in [0.15, 0.2) is 18.2 Å². The van der Waals surface area contributed by atoms with Gasteiger partial charge in [-0.1, -0.05) is 11.6 Å². The number of carbonyl (C=O) groups is 1. The van der Waals surface area contributed by atoms with E-state index in [1.165, 1.54) is 0 Å². The van der Waals surface area contributed by atoms with Crippen LogP contribution in [0.4, 0.5) is 0 Å². The fraction of sp³-hybridized carbons (Fsp3) is 0.462. The second-order valence-electron chi connectivity index (χ2n) is 4.56. The molecule has 0 aliphatic carbocycles. The molecule has 4 nitrogen and oxygen atoms in total.